The smallest absolute Gasteiger partial charge is 0.246 e. The van der Waals surface area contributed by atoms with Gasteiger partial charge in [-0.15, -0.1) is 0 Å². The van der Waals surface area contributed by atoms with Crippen LogP contribution in [0.25, 0.3) is 17.2 Å². The van der Waals surface area contributed by atoms with E-state index in [0.717, 1.165) is 37.0 Å². The van der Waals surface area contributed by atoms with Crippen LogP contribution >= 0.6 is 0 Å². The molecule has 0 unspecified atom stereocenters. The summed E-state index contributed by atoms with van der Waals surface area (Å²) in [6.07, 6.45) is 9.46. The number of oxazole rings is 1. The summed E-state index contributed by atoms with van der Waals surface area (Å²) in [5.74, 6) is 0.539. The molecule has 0 aliphatic carbocycles. The summed E-state index contributed by atoms with van der Waals surface area (Å²) >= 11 is 0. The van der Waals surface area contributed by atoms with Crippen molar-refractivity contribution in [3.8, 4) is 0 Å². The molecular formula is C20H25N3O2. The van der Waals surface area contributed by atoms with Gasteiger partial charge in [0.05, 0.1) is 0 Å². The Morgan fingerprint density at radius 3 is 2.60 bits per heavy atom. The molecule has 5 heteroatoms. The number of fused-ring (bicyclic) bond motifs is 1. The van der Waals surface area contributed by atoms with E-state index >= 15 is 0 Å². The molecule has 2 aromatic rings. The molecule has 2 saturated heterocycles. The molecule has 1 amide bonds. The molecule has 1 aromatic carbocycles. The van der Waals surface area contributed by atoms with Crippen LogP contribution in [0.4, 0.5) is 0 Å². The number of likely N-dealkylation sites (tertiary alicyclic amines) is 2. The highest BCUT2D eigenvalue weighted by atomic mass is 16.3. The first-order valence-electron chi connectivity index (χ1n) is 9.36. The van der Waals surface area contributed by atoms with Gasteiger partial charge in [0.1, 0.15) is 5.52 Å². The fraction of sp³-hybridized carbons (Fsp3) is 0.500. The summed E-state index contributed by atoms with van der Waals surface area (Å²) < 4.78 is 5.63. The van der Waals surface area contributed by atoms with E-state index in [0.29, 0.717) is 11.9 Å². The van der Waals surface area contributed by atoms with Crippen molar-refractivity contribution in [1.82, 2.24) is 14.8 Å². The van der Waals surface area contributed by atoms with Crippen molar-refractivity contribution in [3.63, 3.8) is 0 Å². The van der Waals surface area contributed by atoms with Crippen molar-refractivity contribution < 1.29 is 9.21 Å². The Kier molecular flexibility index (Phi) is 4.83. The number of piperidine rings is 2. The van der Waals surface area contributed by atoms with Crippen molar-refractivity contribution in [2.24, 2.45) is 0 Å². The highest BCUT2D eigenvalue weighted by Crippen LogP contribution is 2.21. The summed E-state index contributed by atoms with van der Waals surface area (Å²) in [6, 6.07) is 8.29. The maximum absolute atomic E-state index is 12.4. The minimum absolute atomic E-state index is 0.0550. The zero-order chi connectivity index (χ0) is 17.1. The monoisotopic (exact) mass is 339 g/mol. The first-order valence-corrected chi connectivity index (χ1v) is 9.36. The van der Waals surface area contributed by atoms with Crippen molar-refractivity contribution in [2.45, 2.75) is 38.1 Å². The predicted octanol–water partition coefficient (Wildman–Crippen LogP) is 3.32. The Bertz CT molecular complexity index is 720. The summed E-state index contributed by atoms with van der Waals surface area (Å²) in [4.78, 5) is 21.4. The lowest BCUT2D eigenvalue weighted by molar-refractivity contribution is -0.127. The minimum Gasteiger partial charge on any atom is -0.437 e. The van der Waals surface area contributed by atoms with Crippen LogP contribution in [-0.4, -0.2) is 52.9 Å². The minimum atomic E-state index is 0.0550. The molecule has 0 bridgehead atoms. The lowest BCUT2D eigenvalue weighted by atomic mass is 10.00. The fourth-order valence-electron chi connectivity index (χ4n) is 3.94. The van der Waals surface area contributed by atoms with Crippen LogP contribution in [0, 0.1) is 0 Å². The van der Waals surface area contributed by atoms with E-state index < -0.39 is 0 Å². The van der Waals surface area contributed by atoms with E-state index in [2.05, 4.69) is 9.88 Å². The molecule has 0 atom stereocenters. The average Bonchev–Trinajstić information content (AvgIpc) is 3.10. The lowest BCUT2D eigenvalue weighted by Gasteiger charge is -2.40. The molecule has 0 saturated carbocycles. The van der Waals surface area contributed by atoms with Crippen LogP contribution in [0.15, 0.2) is 34.8 Å². The molecule has 2 aliphatic heterocycles. The summed E-state index contributed by atoms with van der Waals surface area (Å²) in [6.45, 7) is 4.16. The fourth-order valence-corrected chi connectivity index (χ4v) is 3.94. The van der Waals surface area contributed by atoms with Gasteiger partial charge >= 0.3 is 0 Å². The van der Waals surface area contributed by atoms with Gasteiger partial charge in [-0.25, -0.2) is 4.98 Å². The third kappa shape index (κ3) is 3.76. The molecule has 0 spiro atoms. The average molecular weight is 339 g/mol. The van der Waals surface area contributed by atoms with E-state index in [1.54, 1.807) is 12.2 Å². The molecule has 1 aromatic heterocycles. The second-order valence-corrected chi connectivity index (χ2v) is 7.01. The number of rotatable bonds is 3. The maximum Gasteiger partial charge on any atom is 0.246 e. The highest BCUT2D eigenvalue weighted by Gasteiger charge is 2.26. The zero-order valence-electron chi connectivity index (χ0n) is 14.6. The van der Waals surface area contributed by atoms with Crippen LogP contribution in [0.1, 0.15) is 38.0 Å². The van der Waals surface area contributed by atoms with Crippen LogP contribution in [0.2, 0.25) is 0 Å². The normalized spacial score (nSPS) is 20.6. The first kappa shape index (κ1) is 16.3. The van der Waals surface area contributed by atoms with E-state index in [-0.39, 0.29) is 5.91 Å². The van der Waals surface area contributed by atoms with Crippen LogP contribution in [0.3, 0.4) is 0 Å². The first-order chi connectivity index (χ1) is 12.3. The predicted molar refractivity (Wildman–Crippen MR) is 98.1 cm³/mol. The molecule has 2 fully saturated rings. The van der Waals surface area contributed by atoms with E-state index in [4.69, 9.17) is 4.42 Å². The third-order valence-electron chi connectivity index (χ3n) is 5.36. The van der Waals surface area contributed by atoms with Crippen LogP contribution < -0.4 is 0 Å². The van der Waals surface area contributed by atoms with Gasteiger partial charge in [-0.1, -0.05) is 18.6 Å². The van der Waals surface area contributed by atoms with Gasteiger partial charge in [0.15, 0.2) is 5.58 Å². The van der Waals surface area contributed by atoms with Crippen LogP contribution in [0.5, 0.6) is 0 Å². The topological polar surface area (TPSA) is 49.6 Å². The number of carbonyl (C=O) groups is 1. The van der Waals surface area contributed by atoms with Gasteiger partial charge in [0, 0.05) is 31.3 Å². The highest BCUT2D eigenvalue weighted by molar-refractivity contribution is 5.91. The van der Waals surface area contributed by atoms with Gasteiger partial charge in [-0.2, -0.15) is 0 Å². The number of aromatic nitrogens is 1. The number of benzene rings is 1. The third-order valence-corrected chi connectivity index (χ3v) is 5.36. The molecule has 4 rings (SSSR count). The summed E-state index contributed by atoms with van der Waals surface area (Å²) in [5, 5.41) is 0. The number of carbonyl (C=O) groups excluding carboxylic acids is 1. The Labute approximate surface area is 148 Å². The molecule has 132 valence electrons. The molecule has 3 heterocycles. The van der Waals surface area contributed by atoms with E-state index in [1.807, 2.05) is 29.2 Å². The molecular weight excluding hydrogens is 314 g/mol. The number of hydrogen-bond donors (Lipinski definition) is 0. The van der Waals surface area contributed by atoms with Gasteiger partial charge < -0.3 is 14.2 Å². The Hall–Kier alpha value is -2.14. The second kappa shape index (κ2) is 7.40. The molecule has 0 N–H and O–H groups in total. The number of para-hydroxylation sites is 2. The van der Waals surface area contributed by atoms with Crippen molar-refractivity contribution in [2.75, 3.05) is 26.2 Å². The number of hydrogen-bond acceptors (Lipinski definition) is 4. The number of nitrogens with zero attached hydrogens (tertiary/aromatic N) is 3. The quantitative estimate of drug-likeness (QED) is 0.805. The Balaban J connectivity index is 1.32. The largest absolute Gasteiger partial charge is 0.437 e. The standard InChI is InChI=1S/C20H25N3O2/c24-20(9-8-19-21-17-6-2-3-7-18(17)25-19)23-14-10-16(11-15-23)22-12-4-1-5-13-22/h2-3,6-9,16H,1,4-5,10-15H2. The van der Waals surface area contributed by atoms with Gasteiger partial charge in [0.2, 0.25) is 11.8 Å². The van der Waals surface area contributed by atoms with Crippen molar-refractivity contribution in [1.29, 1.82) is 0 Å². The van der Waals surface area contributed by atoms with Crippen LogP contribution in [-0.2, 0) is 4.79 Å². The maximum atomic E-state index is 12.4. The van der Waals surface area contributed by atoms with Crippen molar-refractivity contribution in [3.05, 3.63) is 36.2 Å². The molecule has 25 heavy (non-hydrogen) atoms. The Morgan fingerprint density at radius 1 is 1.08 bits per heavy atom. The van der Waals surface area contributed by atoms with Gasteiger partial charge in [0.25, 0.3) is 0 Å². The van der Waals surface area contributed by atoms with Crippen molar-refractivity contribution >= 4 is 23.1 Å². The summed E-state index contributed by atoms with van der Waals surface area (Å²) in [5.41, 5.74) is 1.56. The van der Waals surface area contributed by atoms with Gasteiger partial charge in [-0.05, 0) is 50.9 Å². The number of amides is 1. The molecule has 5 nitrogen and oxygen atoms in total. The Morgan fingerprint density at radius 2 is 1.84 bits per heavy atom. The van der Waals surface area contributed by atoms with E-state index in [1.165, 1.54) is 32.4 Å². The summed E-state index contributed by atoms with van der Waals surface area (Å²) in [7, 11) is 0. The zero-order valence-corrected chi connectivity index (χ0v) is 14.6. The molecule has 2 aliphatic rings. The lowest BCUT2D eigenvalue weighted by Crippen LogP contribution is -2.47. The SMILES string of the molecule is O=C(C=Cc1nc2ccccc2o1)N1CCC(N2CCCCC2)CC1. The molecule has 0 radical (unpaired) electrons. The second-order valence-electron chi connectivity index (χ2n) is 7.01. The van der Waals surface area contributed by atoms with Gasteiger partial charge in [-0.3, -0.25) is 4.79 Å². The van der Waals surface area contributed by atoms with E-state index in [9.17, 15) is 4.79 Å².